The summed E-state index contributed by atoms with van der Waals surface area (Å²) < 4.78 is 14.8. The zero-order valence-corrected chi connectivity index (χ0v) is 16.7. The Hall–Kier alpha value is -1.71. The number of aliphatic imine (C=N–C) groups is 1. The van der Waals surface area contributed by atoms with Crippen molar-refractivity contribution in [3.05, 3.63) is 47.8 Å². The Bertz CT molecular complexity index is 665. The van der Waals surface area contributed by atoms with E-state index in [1.165, 1.54) is 18.5 Å². The van der Waals surface area contributed by atoms with Gasteiger partial charge in [-0.25, -0.2) is 9.37 Å². The van der Waals surface area contributed by atoms with Crippen LogP contribution in [0.4, 0.5) is 4.39 Å². The van der Waals surface area contributed by atoms with E-state index in [1.807, 2.05) is 19.2 Å². The Morgan fingerprint density at radius 2 is 1.92 bits per heavy atom. The summed E-state index contributed by atoms with van der Waals surface area (Å²) in [6, 6.07) is 6.59. The van der Waals surface area contributed by atoms with Crippen LogP contribution in [0.15, 0.2) is 35.6 Å². The van der Waals surface area contributed by atoms with Crippen LogP contribution in [0, 0.1) is 5.82 Å². The van der Waals surface area contributed by atoms with E-state index in [2.05, 4.69) is 39.6 Å². The molecule has 0 aliphatic carbocycles. The Balaban J connectivity index is 0.00000288. The number of halogens is 2. The van der Waals surface area contributed by atoms with Crippen molar-refractivity contribution >= 4 is 29.9 Å². The third-order valence-corrected chi connectivity index (χ3v) is 3.77. The molecule has 0 bridgehead atoms. The Labute approximate surface area is 159 Å². The first-order valence-corrected chi connectivity index (χ1v) is 7.46. The second kappa shape index (κ2) is 8.95. The van der Waals surface area contributed by atoms with Gasteiger partial charge in [0.25, 0.3) is 0 Å². The molecule has 1 aromatic heterocycles. The molecule has 0 saturated carbocycles. The maximum atomic E-state index is 13.1. The highest BCUT2D eigenvalue weighted by Gasteiger charge is 2.21. The van der Waals surface area contributed by atoms with Crippen LogP contribution < -0.4 is 10.6 Å². The fourth-order valence-electron chi connectivity index (χ4n) is 2.17. The summed E-state index contributed by atoms with van der Waals surface area (Å²) in [5, 5.41) is 10.5. The van der Waals surface area contributed by atoms with Crippen molar-refractivity contribution in [1.29, 1.82) is 0 Å². The van der Waals surface area contributed by atoms with Crippen molar-refractivity contribution in [3.63, 3.8) is 0 Å². The van der Waals surface area contributed by atoms with E-state index in [-0.39, 0.29) is 35.2 Å². The molecular formula is C16H24FIN6. The number of nitrogens with one attached hydrogen (secondary N) is 2. The van der Waals surface area contributed by atoms with E-state index in [4.69, 9.17) is 0 Å². The summed E-state index contributed by atoms with van der Waals surface area (Å²) in [5.41, 5.74) is 0.908. The van der Waals surface area contributed by atoms with Crippen LogP contribution in [-0.2, 0) is 19.0 Å². The number of guanidine groups is 1. The summed E-state index contributed by atoms with van der Waals surface area (Å²) in [7, 11) is 3.56. The number of rotatable bonds is 5. The van der Waals surface area contributed by atoms with Crippen LogP contribution in [-0.4, -0.2) is 34.3 Å². The maximum Gasteiger partial charge on any atom is 0.191 e. The Kier molecular flexibility index (Phi) is 7.59. The molecule has 2 rings (SSSR count). The number of hydrogen-bond donors (Lipinski definition) is 2. The molecule has 0 aliphatic heterocycles. The summed E-state index contributed by atoms with van der Waals surface area (Å²) in [6.07, 6.45) is 1.52. The second-order valence-corrected chi connectivity index (χ2v) is 5.97. The highest BCUT2D eigenvalue weighted by Crippen LogP contribution is 2.22. The largest absolute Gasteiger partial charge is 0.356 e. The van der Waals surface area contributed by atoms with Crippen molar-refractivity contribution in [2.45, 2.75) is 25.8 Å². The van der Waals surface area contributed by atoms with Crippen molar-refractivity contribution in [1.82, 2.24) is 25.4 Å². The molecule has 0 radical (unpaired) electrons. The highest BCUT2D eigenvalue weighted by atomic mass is 127. The predicted molar refractivity (Wildman–Crippen MR) is 104 cm³/mol. The Morgan fingerprint density at radius 1 is 1.25 bits per heavy atom. The molecule has 0 aliphatic rings. The summed E-state index contributed by atoms with van der Waals surface area (Å²) >= 11 is 0. The fourth-order valence-corrected chi connectivity index (χ4v) is 2.17. The average molecular weight is 446 g/mol. The molecule has 6 nitrogen and oxygen atoms in total. The summed E-state index contributed by atoms with van der Waals surface area (Å²) in [5.74, 6) is 1.28. The SMILES string of the molecule is CN=C(NCc1ncnn1C)NCC(C)(C)c1ccc(F)cc1.I. The molecule has 0 fully saturated rings. The molecule has 8 heteroatoms. The van der Waals surface area contributed by atoms with E-state index in [0.717, 1.165) is 11.4 Å². The number of aromatic nitrogens is 3. The van der Waals surface area contributed by atoms with Gasteiger partial charge in [0.15, 0.2) is 5.96 Å². The van der Waals surface area contributed by atoms with Gasteiger partial charge in [0.05, 0.1) is 6.54 Å². The quantitative estimate of drug-likeness (QED) is 0.420. The van der Waals surface area contributed by atoms with Gasteiger partial charge >= 0.3 is 0 Å². The Morgan fingerprint density at radius 3 is 2.46 bits per heavy atom. The topological polar surface area (TPSA) is 67.1 Å². The lowest BCUT2D eigenvalue weighted by molar-refractivity contribution is 0.506. The highest BCUT2D eigenvalue weighted by molar-refractivity contribution is 14.0. The van der Waals surface area contributed by atoms with Gasteiger partial charge in [0.1, 0.15) is 18.0 Å². The zero-order chi connectivity index (χ0) is 16.9. The van der Waals surface area contributed by atoms with Gasteiger partial charge in [0, 0.05) is 26.1 Å². The minimum atomic E-state index is -0.223. The first kappa shape index (κ1) is 20.3. The zero-order valence-electron chi connectivity index (χ0n) is 14.4. The molecule has 0 amide bonds. The van der Waals surface area contributed by atoms with Crippen LogP contribution in [0.1, 0.15) is 25.2 Å². The molecule has 0 spiro atoms. The molecule has 2 N–H and O–H groups in total. The van der Waals surface area contributed by atoms with Gasteiger partial charge < -0.3 is 10.6 Å². The third-order valence-electron chi connectivity index (χ3n) is 3.77. The summed E-state index contributed by atoms with van der Waals surface area (Å²) in [6.45, 7) is 5.40. The first-order chi connectivity index (χ1) is 10.9. The van der Waals surface area contributed by atoms with Gasteiger partial charge in [-0.1, -0.05) is 26.0 Å². The van der Waals surface area contributed by atoms with Crippen molar-refractivity contribution < 1.29 is 4.39 Å². The molecular weight excluding hydrogens is 422 g/mol. The molecule has 2 aromatic rings. The van der Waals surface area contributed by atoms with Gasteiger partial charge in [-0.05, 0) is 17.7 Å². The van der Waals surface area contributed by atoms with Crippen molar-refractivity contribution in [2.75, 3.05) is 13.6 Å². The predicted octanol–water partition coefficient (Wildman–Crippen LogP) is 2.22. The normalized spacial score (nSPS) is 11.8. The first-order valence-electron chi connectivity index (χ1n) is 7.46. The van der Waals surface area contributed by atoms with Crippen LogP contribution in [0.3, 0.4) is 0 Å². The number of benzene rings is 1. The van der Waals surface area contributed by atoms with E-state index in [9.17, 15) is 4.39 Å². The molecule has 0 saturated heterocycles. The van der Waals surface area contributed by atoms with Gasteiger partial charge in [-0.2, -0.15) is 5.10 Å². The lowest BCUT2D eigenvalue weighted by Crippen LogP contribution is -2.43. The number of aryl methyl sites for hydroxylation is 1. The van der Waals surface area contributed by atoms with Crippen LogP contribution >= 0.6 is 24.0 Å². The summed E-state index contributed by atoms with van der Waals surface area (Å²) in [4.78, 5) is 8.36. The molecule has 0 atom stereocenters. The molecule has 132 valence electrons. The van der Waals surface area contributed by atoms with E-state index >= 15 is 0 Å². The second-order valence-electron chi connectivity index (χ2n) is 5.97. The minimum absolute atomic E-state index is 0. The lowest BCUT2D eigenvalue weighted by Gasteiger charge is -2.26. The van der Waals surface area contributed by atoms with E-state index < -0.39 is 0 Å². The average Bonchev–Trinajstić information content (AvgIpc) is 2.93. The maximum absolute atomic E-state index is 13.1. The third kappa shape index (κ3) is 5.43. The van der Waals surface area contributed by atoms with Crippen LogP contribution in [0.25, 0.3) is 0 Å². The number of nitrogens with zero attached hydrogens (tertiary/aromatic N) is 4. The van der Waals surface area contributed by atoms with Gasteiger partial charge in [0.2, 0.25) is 0 Å². The monoisotopic (exact) mass is 446 g/mol. The standard InChI is InChI=1S/C16H23FN6.HI/c1-16(2,12-5-7-13(17)8-6-12)10-20-15(18-3)19-9-14-21-11-22-23(14)4;/h5-8,11H,9-10H2,1-4H3,(H2,18,19,20);1H. The fraction of sp³-hybridized carbons (Fsp3) is 0.438. The number of hydrogen-bond acceptors (Lipinski definition) is 3. The smallest absolute Gasteiger partial charge is 0.191 e. The van der Waals surface area contributed by atoms with Crippen LogP contribution in [0.5, 0.6) is 0 Å². The van der Waals surface area contributed by atoms with Crippen molar-refractivity contribution in [3.8, 4) is 0 Å². The van der Waals surface area contributed by atoms with Crippen LogP contribution in [0.2, 0.25) is 0 Å². The van der Waals surface area contributed by atoms with E-state index in [1.54, 1.807) is 11.7 Å². The molecule has 1 heterocycles. The van der Waals surface area contributed by atoms with Crippen molar-refractivity contribution in [2.24, 2.45) is 12.0 Å². The van der Waals surface area contributed by atoms with Gasteiger partial charge in [-0.15, -0.1) is 24.0 Å². The van der Waals surface area contributed by atoms with Gasteiger partial charge in [-0.3, -0.25) is 9.67 Å². The minimum Gasteiger partial charge on any atom is -0.356 e. The lowest BCUT2D eigenvalue weighted by atomic mass is 9.84. The molecule has 1 aromatic carbocycles. The van der Waals surface area contributed by atoms with E-state index in [0.29, 0.717) is 19.0 Å². The molecule has 0 unspecified atom stereocenters. The molecule has 24 heavy (non-hydrogen) atoms.